The fraction of sp³-hybridized carbons (Fsp3) is 0.0909. The van der Waals surface area contributed by atoms with Crippen molar-refractivity contribution in [1.29, 1.82) is 0 Å². The van der Waals surface area contributed by atoms with Crippen molar-refractivity contribution >= 4 is 38.6 Å². The minimum Gasteiger partial charge on any atom is -0.391 e. The first-order chi connectivity index (χ1) is 8.51. The van der Waals surface area contributed by atoms with E-state index in [-0.39, 0.29) is 10.8 Å². The summed E-state index contributed by atoms with van der Waals surface area (Å²) in [5.41, 5.74) is 0.443. The molecule has 0 aliphatic carbocycles. The fourth-order valence-corrected chi connectivity index (χ4v) is 3.71. The maximum atomic E-state index is 12.0. The van der Waals surface area contributed by atoms with Gasteiger partial charge in [0.05, 0.1) is 6.61 Å². The van der Waals surface area contributed by atoms with Gasteiger partial charge in [0.2, 0.25) is 0 Å². The van der Waals surface area contributed by atoms with Crippen molar-refractivity contribution in [1.82, 2.24) is 0 Å². The molecule has 18 heavy (non-hydrogen) atoms. The zero-order valence-corrected chi connectivity index (χ0v) is 11.5. The van der Waals surface area contributed by atoms with Crippen molar-refractivity contribution in [3.63, 3.8) is 0 Å². The summed E-state index contributed by atoms with van der Waals surface area (Å²) < 4.78 is 26.6. The summed E-state index contributed by atoms with van der Waals surface area (Å²) in [4.78, 5) is 0.603. The molecule has 1 aromatic carbocycles. The lowest BCUT2D eigenvalue weighted by Gasteiger charge is -2.05. The van der Waals surface area contributed by atoms with Crippen LogP contribution in [0, 0.1) is 0 Å². The van der Waals surface area contributed by atoms with Gasteiger partial charge in [0.25, 0.3) is 10.0 Å². The number of hydrogen-bond acceptors (Lipinski definition) is 4. The van der Waals surface area contributed by atoms with E-state index in [1.54, 1.807) is 30.3 Å². The van der Waals surface area contributed by atoms with E-state index in [1.165, 1.54) is 6.07 Å². The SMILES string of the molecule is O=S(=O)(Nc1ccc(Cl)cc1)c1ccc(CO)s1. The van der Waals surface area contributed by atoms with Gasteiger partial charge < -0.3 is 5.11 Å². The maximum Gasteiger partial charge on any atom is 0.271 e. The van der Waals surface area contributed by atoms with Crippen molar-refractivity contribution in [2.75, 3.05) is 4.72 Å². The zero-order valence-electron chi connectivity index (χ0n) is 9.13. The molecule has 0 amide bonds. The lowest BCUT2D eigenvalue weighted by Crippen LogP contribution is -2.11. The van der Waals surface area contributed by atoms with Crippen LogP contribution in [0.5, 0.6) is 0 Å². The van der Waals surface area contributed by atoms with Crippen LogP contribution in [0.4, 0.5) is 5.69 Å². The van der Waals surface area contributed by atoms with E-state index >= 15 is 0 Å². The summed E-state index contributed by atoms with van der Waals surface area (Å²) >= 11 is 6.75. The molecule has 0 atom stereocenters. The number of sulfonamides is 1. The van der Waals surface area contributed by atoms with Crippen molar-refractivity contribution in [3.05, 3.63) is 46.3 Å². The second-order valence-electron chi connectivity index (χ2n) is 3.49. The maximum absolute atomic E-state index is 12.0. The molecule has 0 unspecified atom stereocenters. The average molecular weight is 304 g/mol. The molecule has 0 saturated heterocycles. The smallest absolute Gasteiger partial charge is 0.271 e. The molecule has 2 N–H and O–H groups in total. The Morgan fingerprint density at radius 2 is 1.83 bits per heavy atom. The van der Waals surface area contributed by atoms with E-state index in [1.807, 2.05) is 0 Å². The molecule has 96 valence electrons. The third-order valence-corrected chi connectivity index (χ3v) is 5.35. The van der Waals surface area contributed by atoms with Gasteiger partial charge in [-0.15, -0.1) is 11.3 Å². The summed E-state index contributed by atoms with van der Waals surface area (Å²) in [6, 6.07) is 9.43. The largest absolute Gasteiger partial charge is 0.391 e. The van der Waals surface area contributed by atoms with E-state index < -0.39 is 10.0 Å². The number of hydrogen-bond donors (Lipinski definition) is 2. The lowest BCUT2D eigenvalue weighted by molar-refractivity contribution is 0.285. The summed E-state index contributed by atoms with van der Waals surface area (Å²) in [5.74, 6) is 0. The highest BCUT2D eigenvalue weighted by atomic mass is 35.5. The number of benzene rings is 1. The van der Waals surface area contributed by atoms with Crippen LogP contribution in [0.3, 0.4) is 0 Å². The minimum atomic E-state index is -3.60. The zero-order chi connectivity index (χ0) is 13.2. The molecule has 0 bridgehead atoms. The van der Waals surface area contributed by atoms with Crippen LogP contribution >= 0.6 is 22.9 Å². The number of rotatable bonds is 4. The Morgan fingerprint density at radius 1 is 1.17 bits per heavy atom. The number of anilines is 1. The van der Waals surface area contributed by atoms with Gasteiger partial charge in [-0.2, -0.15) is 0 Å². The van der Waals surface area contributed by atoms with E-state index in [2.05, 4.69) is 4.72 Å². The highest BCUT2D eigenvalue weighted by Crippen LogP contribution is 2.24. The summed E-state index contributed by atoms with van der Waals surface area (Å²) in [5, 5.41) is 9.46. The number of halogens is 1. The Morgan fingerprint density at radius 3 is 2.39 bits per heavy atom. The van der Waals surface area contributed by atoms with Gasteiger partial charge >= 0.3 is 0 Å². The first-order valence-electron chi connectivity index (χ1n) is 4.99. The quantitative estimate of drug-likeness (QED) is 0.912. The summed E-state index contributed by atoms with van der Waals surface area (Å²) in [6.07, 6.45) is 0. The van der Waals surface area contributed by atoms with Gasteiger partial charge in [-0.1, -0.05) is 11.6 Å². The van der Waals surface area contributed by atoms with Crippen LogP contribution in [-0.4, -0.2) is 13.5 Å². The third-order valence-electron chi connectivity index (χ3n) is 2.15. The Hall–Kier alpha value is -1.08. The van der Waals surface area contributed by atoms with Crippen molar-refractivity contribution < 1.29 is 13.5 Å². The van der Waals surface area contributed by atoms with Gasteiger partial charge in [-0.05, 0) is 36.4 Å². The molecule has 2 aromatic rings. The molecular formula is C11H10ClNO3S2. The molecule has 4 nitrogen and oxygen atoms in total. The van der Waals surface area contributed by atoms with Crippen LogP contribution in [0.15, 0.2) is 40.6 Å². The summed E-state index contributed by atoms with van der Waals surface area (Å²) in [6.45, 7) is -0.166. The standard InChI is InChI=1S/C11H10ClNO3S2/c12-8-1-3-9(4-2-8)13-18(15,16)11-6-5-10(7-14)17-11/h1-6,13-14H,7H2. The fourth-order valence-electron chi connectivity index (χ4n) is 1.31. The van der Waals surface area contributed by atoms with E-state index in [9.17, 15) is 8.42 Å². The Labute approximate surface area is 114 Å². The highest BCUT2D eigenvalue weighted by molar-refractivity contribution is 7.94. The van der Waals surface area contributed by atoms with E-state index in [4.69, 9.17) is 16.7 Å². The topological polar surface area (TPSA) is 66.4 Å². The molecule has 2 rings (SSSR count). The predicted molar refractivity (Wildman–Crippen MR) is 72.5 cm³/mol. The Kier molecular flexibility index (Phi) is 3.91. The number of aliphatic hydroxyl groups is 1. The van der Waals surface area contributed by atoms with Gasteiger partial charge in [0, 0.05) is 15.6 Å². The highest BCUT2D eigenvalue weighted by Gasteiger charge is 2.16. The van der Waals surface area contributed by atoms with Gasteiger partial charge in [0.1, 0.15) is 4.21 Å². The van der Waals surface area contributed by atoms with Gasteiger partial charge in [-0.3, -0.25) is 4.72 Å². The van der Waals surface area contributed by atoms with Crippen LogP contribution in [0.1, 0.15) is 4.88 Å². The molecular weight excluding hydrogens is 294 g/mol. The van der Waals surface area contributed by atoms with Crippen LogP contribution < -0.4 is 4.72 Å². The molecule has 0 radical (unpaired) electrons. The molecule has 0 fully saturated rings. The monoisotopic (exact) mass is 303 g/mol. The van der Waals surface area contributed by atoms with Gasteiger partial charge in [-0.25, -0.2) is 8.42 Å². The number of thiophene rings is 1. The number of nitrogens with one attached hydrogen (secondary N) is 1. The number of aliphatic hydroxyl groups excluding tert-OH is 1. The molecule has 0 saturated carbocycles. The Bertz CT molecular complexity index is 635. The molecule has 1 aromatic heterocycles. The van der Waals surface area contributed by atoms with Crippen molar-refractivity contribution in [2.24, 2.45) is 0 Å². The van der Waals surface area contributed by atoms with Crippen LogP contribution in [-0.2, 0) is 16.6 Å². The second kappa shape index (κ2) is 5.27. The summed E-state index contributed by atoms with van der Waals surface area (Å²) in [7, 11) is -3.60. The van der Waals surface area contributed by atoms with Crippen LogP contribution in [0.2, 0.25) is 5.02 Å². The minimum absolute atomic E-state index is 0.166. The average Bonchev–Trinajstić information content (AvgIpc) is 2.81. The molecule has 0 aliphatic heterocycles. The third kappa shape index (κ3) is 3.02. The Balaban J connectivity index is 2.24. The first-order valence-corrected chi connectivity index (χ1v) is 7.67. The van der Waals surface area contributed by atoms with Crippen LogP contribution in [0.25, 0.3) is 0 Å². The van der Waals surface area contributed by atoms with E-state index in [0.717, 1.165) is 11.3 Å². The van der Waals surface area contributed by atoms with Crippen molar-refractivity contribution in [2.45, 2.75) is 10.8 Å². The first kappa shape index (κ1) is 13.4. The molecule has 7 heteroatoms. The molecule has 0 spiro atoms. The predicted octanol–water partition coefficient (Wildman–Crippen LogP) is 2.69. The van der Waals surface area contributed by atoms with Gasteiger partial charge in [0.15, 0.2) is 0 Å². The van der Waals surface area contributed by atoms with Crippen molar-refractivity contribution in [3.8, 4) is 0 Å². The van der Waals surface area contributed by atoms with E-state index in [0.29, 0.717) is 15.6 Å². The lowest BCUT2D eigenvalue weighted by atomic mass is 10.3. The second-order valence-corrected chi connectivity index (χ2v) is 7.01. The molecule has 1 heterocycles. The normalized spacial score (nSPS) is 11.4. The molecule has 0 aliphatic rings.